The van der Waals surface area contributed by atoms with Crippen molar-refractivity contribution in [2.24, 2.45) is 0 Å². The Bertz CT molecular complexity index is 646. The molecule has 0 bridgehead atoms. The number of urea groups is 1. The van der Waals surface area contributed by atoms with E-state index in [-0.39, 0.29) is 6.54 Å². The number of carbonyl (C=O) groups is 1. The second-order valence-electron chi connectivity index (χ2n) is 4.83. The molecule has 2 amide bonds. The van der Waals surface area contributed by atoms with Crippen LogP contribution in [0.25, 0.3) is 0 Å². The molecule has 0 aliphatic carbocycles. The third-order valence-corrected chi connectivity index (χ3v) is 3.28. The summed E-state index contributed by atoms with van der Waals surface area (Å²) < 4.78 is 10.3. The third-order valence-electron chi connectivity index (χ3n) is 3.28. The first-order chi connectivity index (χ1) is 11.1. The van der Waals surface area contributed by atoms with Gasteiger partial charge in [-0.15, -0.1) is 0 Å². The quantitative estimate of drug-likeness (QED) is 0.765. The van der Waals surface area contributed by atoms with Gasteiger partial charge >= 0.3 is 6.03 Å². The van der Waals surface area contributed by atoms with Crippen LogP contribution >= 0.6 is 0 Å². The van der Waals surface area contributed by atoms with E-state index in [1.54, 1.807) is 37.4 Å². The van der Waals surface area contributed by atoms with Gasteiger partial charge in [0.1, 0.15) is 0 Å². The Morgan fingerprint density at radius 2 is 1.78 bits per heavy atom. The maximum Gasteiger partial charge on any atom is 0.319 e. The molecule has 122 valence electrons. The van der Waals surface area contributed by atoms with Crippen molar-refractivity contribution < 1.29 is 19.4 Å². The van der Waals surface area contributed by atoms with Crippen molar-refractivity contribution in [3.8, 4) is 11.5 Å². The van der Waals surface area contributed by atoms with Crippen LogP contribution in [0.3, 0.4) is 0 Å². The van der Waals surface area contributed by atoms with Gasteiger partial charge < -0.3 is 25.2 Å². The normalized spacial score (nSPS) is 11.4. The monoisotopic (exact) mass is 316 g/mol. The van der Waals surface area contributed by atoms with Gasteiger partial charge in [-0.1, -0.05) is 30.3 Å². The first-order valence-corrected chi connectivity index (χ1v) is 7.14. The molecule has 2 aromatic rings. The van der Waals surface area contributed by atoms with Crippen molar-refractivity contribution in [2.75, 3.05) is 26.1 Å². The lowest BCUT2D eigenvalue weighted by molar-refractivity contribution is 0.175. The number of methoxy groups -OCH3 is 2. The van der Waals surface area contributed by atoms with E-state index in [4.69, 9.17) is 9.47 Å². The number of carbonyl (C=O) groups excluding carboxylic acids is 1. The van der Waals surface area contributed by atoms with Gasteiger partial charge in [-0.2, -0.15) is 0 Å². The van der Waals surface area contributed by atoms with Crippen LogP contribution in [0.1, 0.15) is 11.7 Å². The number of aliphatic hydroxyl groups is 1. The zero-order chi connectivity index (χ0) is 16.7. The van der Waals surface area contributed by atoms with Gasteiger partial charge in [0.15, 0.2) is 11.5 Å². The van der Waals surface area contributed by atoms with E-state index in [1.165, 1.54) is 7.11 Å². The molecule has 0 unspecified atom stereocenters. The minimum Gasteiger partial charge on any atom is -0.493 e. The first kappa shape index (κ1) is 16.6. The van der Waals surface area contributed by atoms with E-state index in [1.807, 2.05) is 18.2 Å². The van der Waals surface area contributed by atoms with Crippen molar-refractivity contribution in [1.82, 2.24) is 5.32 Å². The summed E-state index contributed by atoms with van der Waals surface area (Å²) in [5.41, 5.74) is 1.31. The molecule has 0 spiro atoms. The van der Waals surface area contributed by atoms with Crippen molar-refractivity contribution in [2.45, 2.75) is 6.10 Å². The summed E-state index contributed by atoms with van der Waals surface area (Å²) in [6.07, 6.45) is -0.757. The van der Waals surface area contributed by atoms with Crippen LogP contribution in [0.4, 0.5) is 10.5 Å². The number of ether oxygens (including phenoxy) is 2. The lowest BCUT2D eigenvalue weighted by Crippen LogP contribution is -2.32. The van der Waals surface area contributed by atoms with Crippen LogP contribution in [0, 0.1) is 0 Å². The molecule has 0 saturated heterocycles. The summed E-state index contributed by atoms with van der Waals surface area (Å²) in [6, 6.07) is 13.8. The third kappa shape index (κ3) is 4.62. The molecule has 23 heavy (non-hydrogen) atoms. The highest BCUT2D eigenvalue weighted by Gasteiger charge is 2.10. The Balaban J connectivity index is 1.90. The Kier molecular flexibility index (Phi) is 5.82. The van der Waals surface area contributed by atoms with Gasteiger partial charge in [-0.3, -0.25) is 0 Å². The van der Waals surface area contributed by atoms with Gasteiger partial charge in [0.05, 0.1) is 20.3 Å². The minimum atomic E-state index is -0.757. The number of hydrogen-bond donors (Lipinski definition) is 3. The van der Waals surface area contributed by atoms with Gasteiger partial charge in [-0.25, -0.2) is 4.79 Å². The van der Waals surface area contributed by atoms with E-state index in [2.05, 4.69) is 10.6 Å². The van der Waals surface area contributed by atoms with Gasteiger partial charge in [0.25, 0.3) is 0 Å². The SMILES string of the molecule is COc1ccc(NC(=O)NC[C@@H](O)c2ccccc2)cc1OC. The van der Waals surface area contributed by atoms with Crippen LogP contribution in [0.5, 0.6) is 11.5 Å². The fraction of sp³-hybridized carbons (Fsp3) is 0.235. The van der Waals surface area contributed by atoms with Gasteiger partial charge in [0, 0.05) is 18.3 Å². The van der Waals surface area contributed by atoms with E-state index in [0.717, 1.165) is 5.56 Å². The van der Waals surface area contributed by atoms with Crippen LogP contribution < -0.4 is 20.1 Å². The maximum absolute atomic E-state index is 11.9. The molecule has 2 rings (SSSR count). The molecular formula is C17H20N2O4. The fourth-order valence-electron chi connectivity index (χ4n) is 2.07. The number of anilines is 1. The minimum absolute atomic E-state index is 0.114. The first-order valence-electron chi connectivity index (χ1n) is 7.14. The van der Waals surface area contributed by atoms with Crippen LogP contribution in [0.2, 0.25) is 0 Å². The van der Waals surface area contributed by atoms with E-state index in [9.17, 15) is 9.90 Å². The summed E-state index contributed by atoms with van der Waals surface area (Å²) in [6.45, 7) is 0.114. The van der Waals surface area contributed by atoms with Crippen molar-refractivity contribution >= 4 is 11.7 Å². The molecule has 6 heteroatoms. The zero-order valence-electron chi connectivity index (χ0n) is 13.1. The van der Waals surface area contributed by atoms with E-state index < -0.39 is 12.1 Å². The Morgan fingerprint density at radius 3 is 2.43 bits per heavy atom. The predicted molar refractivity (Wildman–Crippen MR) is 88.0 cm³/mol. The fourth-order valence-corrected chi connectivity index (χ4v) is 2.07. The maximum atomic E-state index is 11.9. The van der Waals surface area contributed by atoms with Crippen LogP contribution in [-0.2, 0) is 0 Å². The predicted octanol–water partition coefficient (Wildman–Crippen LogP) is 2.56. The van der Waals surface area contributed by atoms with Gasteiger partial charge in [0.2, 0.25) is 0 Å². The number of aliphatic hydroxyl groups excluding tert-OH is 1. The number of nitrogens with one attached hydrogen (secondary N) is 2. The van der Waals surface area contributed by atoms with Crippen molar-refractivity contribution in [1.29, 1.82) is 0 Å². The zero-order valence-corrected chi connectivity index (χ0v) is 13.1. The van der Waals surface area contributed by atoms with E-state index in [0.29, 0.717) is 17.2 Å². The Morgan fingerprint density at radius 1 is 1.09 bits per heavy atom. The largest absolute Gasteiger partial charge is 0.493 e. The summed E-state index contributed by atoms with van der Waals surface area (Å²) >= 11 is 0. The molecule has 0 heterocycles. The van der Waals surface area contributed by atoms with E-state index >= 15 is 0 Å². The summed E-state index contributed by atoms with van der Waals surface area (Å²) in [5, 5.41) is 15.3. The molecule has 0 aliphatic rings. The molecular weight excluding hydrogens is 296 g/mol. The molecule has 3 N–H and O–H groups in total. The topological polar surface area (TPSA) is 79.8 Å². The lowest BCUT2D eigenvalue weighted by Gasteiger charge is -2.14. The number of benzene rings is 2. The molecule has 0 fully saturated rings. The second-order valence-corrected chi connectivity index (χ2v) is 4.83. The molecule has 0 aromatic heterocycles. The molecule has 0 saturated carbocycles. The van der Waals surface area contributed by atoms with Crippen molar-refractivity contribution in [3.05, 3.63) is 54.1 Å². The Labute approximate surface area is 135 Å². The van der Waals surface area contributed by atoms with Crippen LogP contribution in [-0.4, -0.2) is 31.9 Å². The Hall–Kier alpha value is -2.73. The summed E-state index contributed by atoms with van der Waals surface area (Å²) in [4.78, 5) is 11.9. The summed E-state index contributed by atoms with van der Waals surface area (Å²) in [5.74, 6) is 1.10. The number of hydrogen-bond acceptors (Lipinski definition) is 4. The smallest absolute Gasteiger partial charge is 0.319 e. The molecule has 2 aromatic carbocycles. The average Bonchev–Trinajstić information content (AvgIpc) is 2.60. The molecule has 6 nitrogen and oxygen atoms in total. The highest BCUT2D eigenvalue weighted by Crippen LogP contribution is 2.29. The average molecular weight is 316 g/mol. The lowest BCUT2D eigenvalue weighted by atomic mass is 10.1. The highest BCUT2D eigenvalue weighted by atomic mass is 16.5. The number of amides is 2. The van der Waals surface area contributed by atoms with Gasteiger partial charge in [-0.05, 0) is 17.7 Å². The number of rotatable bonds is 6. The molecule has 0 radical (unpaired) electrons. The second kappa shape index (κ2) is 8.05. The van der Waals surface area contributed by atoms with Crippen molar-refractivity contribution in [3.63, 3.8) is 0 Å². The highest BCUT2D eigenvalue weighted by molar-refractivity contribution is 5.89. The molecule has 1 atom stereocenters. The standard InChI is InChI=1S/C17H20N2O4/c1-22-15-9-8-13(10-16(15)23-2)19-17(21)18-11-14(20)12-6-4-3-5-7-12/h3-10,14,20H,11H2,1-2H3,(H2,18,19,21)/t14-/m1/s1. The molecule has 0 aliphatic heterocycles. The van der Waals surface area contributed by atoms with Crippen LogP contribution in [0.15, 0.2) is 48.5 Å². The summed E-state index contributed by atoms with van der Waals surface area (Å²) in [7, 11) is 3.07.